The largest absolute Gasteiger partial charge is 0.379 e. The molecular formula is C20H32N6O. The van der Waals surface area contributed by atoms with Crippen LogP contribution in [0.15, 0.2) is 23.3 Å². The summed E-state index contributed by atoms with van der Waals surface area (Å²) in [7, 11) is 1.88. The molecule has 3 saturated heterocycles. The molecule has 1 aromatic heterocycles. The zero-order valence-corrected chi connectivity index (χ0v) is 16.4. The Balaban J connectivity index is 1.31. The van der Waals surface area contributed by atoms with E-state index in [4.69, 9.17) is 4.74 Å². The van der Waals surface area contributed by atoms with E-state index in [1.165, 1.54) is 24.8 Å². The van der Waals surface area contributed by atoms with Crippen LogP contribution in [-0.2, 0) is 11.3 Å². The summed E-state index contributed by atoms with van der Waals surface area (Å²) in [5.41, 5.74) is 1.26. The molecule has 0 aromatic carbocycles. The first-order valence-electron chi connectivity index (χ1n) is 10.3. The number of hydrogen-bond acceptors (Lipinski definition) is 5. The minimum absolute atomic E-state index is 0.621. The van der Waals surface area contributed by atoms with Crippen molar-refractivity contribution in [2.45, 2.75) is 31.8 Å². The topological polar surface area (TPSA) is 56.2 Å². The van der Waals surface area contributed by atoms with E-state index in [-0.39, 0.29) is 0 Å². The molecular weight excluding hydrogens is 340 g/mol. The van der Waals surface area contributed by atoms with Gasteiger partial charge in [0.15, 0.2) is 5.96 Å². The Bertz CT molecular complexity index is 639. The predicted molar refractivity (Wildman–Crippen MR) is 108 cm³/mol. The molecule has 0 spiro atoms. The Kier molecular flexibility index (Phi) is 6.09. The maximum atomic E-state index is 5.49. The summed E-state index contributed by atoms with van der Waals surface area (Å²) in [4.78, 5) is 16.4. The van der Waals surface area contributed by atoms with Crippen molar-refractivity contribution in [2.75, 3.05) is 64.4 Å². The van der Waals surface area contributed by atoms with Gasteiger partial charge in [-0.15, -0.1) is 0 Å². The zero-order valence-electron chi connectivity index (χ0n) is 16.4. The molecule has 1 aromatic rings. The molecule has 0 saturated carbocycles. The highest BCUT2D eigenvalue weighted by molar-refractivity contribution is 5.80. The van der Waals surface area contributed by atoms with Crippen LogP contribution in [0.25, 0.3) is 0 Å². The van der Waals surface area contributed by atoms with Gasteiger partial charge in [-0.2, -0.15) is 0 Å². The van der Waals surface area contributed by atoms with Gasteiger partial charge in [-0.05, 0) is 37.0 Å². The SMILES string of the molecule is CN=C(NCc1ccnc(N2CCCC2)c1)N1CCC(N2CCOCC2)C1. The van der Waals surface area contributed by atoms with Crippen LogP contribution in [0.5, 0.6) is 0 Å². The number of guanidine groups is 1. The van der Waals surface area contributed by atoms with Gasteiger partial charge < -0.3 is 19.9 Å². The molecule has 1 atom stereocenters. The van der Waals surface area contributed by atoms with Crippen LogP contribution < -0.4 is 10.2 Å². The van der Waals surface area contributed by atoms with Crippen molar-refractivity contribution in [2.24, 2.45) is 4.99 Å². The molecule has 0 bridgehead atoms. The molecule has 1 unspecified atom stereocenters. The molecule has 1 N–H and O–H groups in total. The summed E-state index contributed by atoms with van der Waals surface area (Å²) in [6, 6.07) is 4.93. The first-order valence-corrected chi connectivity index (χ1v) is 10.3. The third kappa shape index (κ3) is 4.52. The summed E-state index contributed by atoms with van der Waals surface area (Å²) < 4.78 is 5.49. The maximum Gasteiger partial charge on any atom is 0.193 e. The van der Waals surface area contributed by atoms with Gasteiger partial charge in [0.25, 0.3) is 0 Å². The Morgan fingerprint density at radius 2 is 2.04 bits per heavy atom. The summed E-state index contributed by atoms with van der Waals surface area (Å²) in [6.45, 7) is 9.00. The van der Waals surface area contributed by atoms with Gasteiger partial charge in [-0.1, -0.05) is 0 Å². The number of nitrogens with one attached hydrogen (secondary N) is 1. The zero-order chi connectivity index (χ0) is 18.5. The van der Waals surface area contributed by atoms with E-state index >= 15 is 0 Å². The summed E-state index contributed by atoms with van der Waals surface area (Å²) >= 11 is 0. The number of hydrogen-bond donors (Lipinski definition) is 1. The van der Waals surface area contributed by atoms with Crippen molar-refractivity contribution in [3.05, 3.63) is 23.9 Å². The van der Waals surface area contributed by atoms with Gasteiger partial charge in [-0.3, -0.25) is 9.89 Å². The average Bonchev–Trinajstić information content (AvgIpc) is 3.42. The lowest BCUT2D eigenvalue weighted by Crippen LogP contribution is -2.46. The fraction of sp³-hybridized carbons (Fsp3) is 0.700. The van der Waals surface area contributed by atoms with E-state index in [1.54, 1.807) is 0 Å². The molecule has 4 heterocycles. The van der Waals surface area contributed by atoms with Crippen LogP contribution in [0.4, 0.5) is 5.82 Å². The van der Waals surface area contributed by atoms with Crippen LogP contribution in [0.3, 0.4) is 0 Å². The third-order valence-electron chi connectivity index (χ3n) is 5.93. The number of likely N-dealkylation sites (tertiary alicyclic amines) is 1. The Morgan fingerprint density at radius 1 is 1.22 bits per heavy atom. The lowest BCUT2D eigenvalue weighted by atomic mass is 10.2. The van der Waals surface area contributed by atoms with Gasteiger partial charge in [0.05, 0.1) is 13.2 Å². The average molecular weight is 373 g/mol. The normalized spacial score (nSPS) is 24.6. The van der Waals surface area contributed by atoms with E-state index < -0.39 is 0 Å². The molecule has 3 aliphatic rings. The van der Waals surface area contributed by atoms with Crippen molar-refractivity contribution in [3.8, 4) is 0 Å². The van der Waals surface area contributed by atoms with E-state index in [1.807, 2.05) is 13.2 Å². The minimum Gasteiger partial charge on any atom is -0.379 e. The molecule has 3 fully saturated rings. The summed E-state index contributed by atoms with van der Waals surface area (Å²) in [5.74, 6) is 2.11. The molecule has 3 aliphatic heterocycles. The number of ether oxygens (including phenoxy) is 1. The van der Waals surface area contributed by atoms with Crippen LogP contribution in [0, 0.1) is 0 Å². The maximum absolute atomic E-state index is 5.49. The molecule has 0 radical (unpaired) electrons. The monoisotopic (exact) mass is 372 g/mol. The molecule has 0 aliphatic carbocycles. The highest BCUT2D eigenvalue weighted by atomic mass is 16.5. The molecule has 7 heteroatoms. The number of morpholine rings is 1. The highest BCUT2D eigenvalue weighted by Gasteiger charge is 2.30. The number of aromatic nitrogens is 1. The molecule has 7 nitrogen and oxygen atoms in total. The van der Waals surface area contributed by atoms with Crippen molar-refractivity contribution >= 4 is 11.8 Å². The molecule has 27 heavy (non-hydrogen) atoms. The lowest BCUT2D eigenvalue weighted by molar-refractivity contribution is 0.0195. The van der Waals surface area contributed by atoms with Crippen molar-refractivity contribution < 1.29 is 4.74 Å². The van der Waals surface area contributed by atoms with Crippen molar-refractivity contribution in [1.82, 2.24) is 20.1 Å². The number of aliphatic imine (C=N–C) groups is 1. The molecule has 4 rings (SSSR count). The van der Waals surface area contributed by atoms with Gasteiger partial charge in [0, 0.05) is 65.1 Å². The standard InChI is InChI=1S/C20H32N6O/c1-21-20(26-9-5-18(16-26)24-10-12-27-13-11-24)23-15-17-4-6-22-19(14-17)25-7-2-3-8-25/h4,6,14,18H,2-3,5,7-13,15-16H2,1H3,(H,21,23). The highest BCUT2D eigenvalue weighted by Crippen LogP contribution is 2.19. The molecule has 148 valence electrons. The van der Waals surface area contributed by atoms with Gasteiger partial charge in [0.2, 0.25) is 0 Å². The van der Waals surface area contributed by atoms with E-state index in [0.717, 1.165) is 70.8 Å². The first-order chi connectivity index (χ1) is 13.3. The second-order valence-corrected chi connectivity index (χ2v) is 7.65. The first kappa shape index (κ1) is 18.5. The number of rotatable bonds is 4. The predicted octanol–water partition coefficient (Wildman–Crippen LogP) is 1.16. The van der Waals surface area contributed by atoms with Gasteiger partial charge >= 0.3 is 0 Å². The second-order valence-electron chi connectivity index (χ2n) is 7.65. The second kappa shape index (κ2) is 8.89. The van der Waals surface area contributed by atoms with Gasteiger partial charge in [0.1, 0.15) is 5.82 Å². The smallest absolute Gasteiger partial charge is 0.193 e. The Morgan fingerprint density at radius 3 is 2.81 bits per heavy atom. The van der Waals surface area contributed by atoms with Crippen molar-refractivity contribution in [1.29, 1.82) is 0 Å². The summed E-state index contributed by atoms with van der Waals surface area (Å²) in [5, 5.41) is 3.56. The van der Waals surface area contributed by atoms with Crippen molar-refractivity contribution in [3.63, 3.8) is 0 Å². The molecule has 0 amide bonds. The lowest BCUT2D eigenvalue weighted by Gasteiger charge is -2.32. The fourth-order valence-corrected chi connectivity index (χ4v) is 4.38. The van der Waals surface area contributed by atoms with E-state index in [2.05, 4.69) is 42.1 Å². The van der Waals surface area contributed by atoms with Crippen LogP contribution >= 0.6 is 0 Å². The van der Waals surface area contributed by atoms with Crippen LogP contribution in [0.2, 0.25) is 0 Å². The third-order valence-corrected chi connectivity index (χ3v) is 5.93. The Hall–Kier alpha value is -1.86. The minimum atomic E-state index is 0.621. The Labute approximate surface area is 162 Å². The van der Waals surface area contributed by atoms with Gasteiger partial charge in [-0.25, -0.2) is 4.98 Å². The number of pyridine rings is 1. The fourth-order valence-electron chi connectivity index (χ4n) is 4.38. The quantitative estimate of drug-likeness (QED) is 0.632. The number of anilines is 1. The van der Waals surface area contributed by atoms with Crippen LogP contribution in [-0.4, -0.2) is 86.3 Å². The summed E-state index contributed by atoms with van der Waals surface area (Å²) in [6.07, 6.45) is 5.68. The van der Waals surface area contributed by atoms with E-state index in [0.29, 0.717) is 6.04 Å². The number of nitrogens with zero attached hydrogens (tertiary/aromatic N) is 5. The van der Waals surface area contributed by atoms with E-state index in [9.17, 15) is 0 Å². The van der Waals surface area contributed by atoms with Crippen LogP contribution in [0.1, 0.15) is 24.8 Å².